The zero-order chi connectivity index (χ0) is 20.9. The molecular weight excluding hydrogens is 410 g/mol. The maximum Gasteiger partial charge on any atom is 0.339 e. The summed E-state index contributed by atoms with van der Waals surface area (Å²) in [6, 6.07) is 3.39. The number of ether oxygens (including phenoxy) is 3. The van der Waals surface area contributed by atoms with Crippen LogP contribution in [-0.4, -0.2) is 57.4 Å². The van der Waals surface area contributed by atoms with E-state index in [0.717, 1.165) is 35.8 Å². The molecule has 0 saturated carbocycles. The molecule has 0 bridgehead atoms. The molecule has 2 aromatic rings. The summed E-state index contributed by atoms with van der Waals surface area (Å²) in [4.78, 5) is 26.8. The lowest BCUT2D eigenvalue weighted by molar-refractivity contribution is -0.133. The van der Waals surface area contributed by atoms with Gasteiger partial charge in [0.1, 0.15) is 11.3 Å². The molecule has 2 fully saturated rings. The second-order valence-electron chi connectivity index (χ2n) is 8.55. The zero-order valence-corrected chi connectivity index (χ0v) is 17.6. The lowest BCUT2D eigenvalue weighted by atomic mass is 9.82. The highest BCUT2D eigenvalue weighted by Crippen LogP contribution is 2.41. The lowest BCUT2D eigenvalue weighted by Crippen LogP contribution is -2.38. The van der Waals surface area contributed by atoms with Gasteiger partial charge in [-0.2, -0.15) is 0 Å². The fourth-order valence-corrected chi connectivity index (χ4v) is 5.36. The van der Waals surface area contributed by atoms with Gasteiger partial charge in [0.25, 0.3) is 5.91 Å². The molecule has 2 aliphatic heterocycles. The van der Waals surface area contributed by atoms with E-state index in [1.54, 1.807) is 19.2 Å². The van der Waals surface area contributed by atoms with Crippen LogP contribution in [0.3, 0.4) is 0 Å². The molecule has 3 aliphatic rings. The van der Waals surface area contributed by atoms with Crippen LogP contribution in [0.1, 0.15) is 17.5 Å². The minimum Gasteiger partial charge on any atom is -0.482 e. The van der Waals surface area contributed by atoms with Crippen LogP contribution >= 0.6 is 11.6 Å². The van der Waals surface area contributed by atoms with E-state index in [-0.39, 0.29) is 29.5 Å². The normalized spacial score (nSPS) is 25.0. The fraction of sp³-hybridized carbons (Fsp3) is 0.545. The molecule has 0 N–H and O–H groups in total. The van der Waals surface area contributed by atoms with Crippen molar-refractivity contribution < 1.29 is 23.4 Å². The highest BCUT2D eigenvalue weighted by molar-refractivity contribution is 6.32. The predicted molar refractivity (Wildman–Crippen MR) is 110 cm³/mol. The van der Waals surface area contributed by atoms with Gasteiger partial charge < -0.3 is 23.5 Å². The van der Waals surface area contributed by atoms with Crippen LogP contribution in [0.15, 0.2) is 21.3 Å². The Hall–Kier alpha value is -2.09. The molecule has 0 unspecified atom stereocenters. The third-order valence-corrected chi connectivity index (χ3v) is 6.98. The van der Waals surface area contributed by atoms with Gasteiger partial charge in [0.05, 0.1) is 24.8 Å². The highest BCUT2D eigenvalue weighted by atomic mass is 35.5. The van der Waals surface area contributed by atoms with Crippen LogP contribution in [0.2, 0.25) is 5.02 Å². The summed E-state index contributed by atoms with van der Waals surface area (Å²) in [5.41, 5.74) is 1.78. The van der Waals surface area contributed by atoms with Crippen molar-refractivity contribution in [3.8, 4) is 5.75 Å². The van der Waals surface area contributed by atoms with Crippen LogP contribution in [0.5, 0.6) is 5.75 Å². The maximum atomic E-state index is 12.8. The van der Waals surface area contributed by atoms with Crippen molar-refractivity contribution >= 4 is 28.5 Å². The third-order valence-electron chi connectivity index (χ3n) is 6.68. The summed E-state index contributed by atoms with van der Waals surface area (Å²) in [5.74, 6) is 0.515. The molecule has 5 rings (SSSR count). The smallest absolute Gasteiger partial charge is 0.339 e. The van der Waals surface area contributed by atoms with Crippen LogP contribution < -0.4 is 10.4 Å². The number of benzene rings is 1. The van der Waals surface area contributed by atoms with E-state index in [1.165, 1.54) is 0 Å². The molecule has 30 heavy (non-hydrogen) atoms. The molecule has 2 saturated heterocycles. The van der Waals surface area contributed by atoms with Crippen molar-refractivity contribution in [2.75, 3.05) is 46.6 Å². The van der Waals surface area contributed by atoms with Crippen LogP contribution in [-0.2, 0) is 27.1 Å². The number of halogens is 1. The Bertz CT molecular complexity index is 1070. The molecule has 1 amide bonds. The van der Waals surface area contributed by atoms with Crippen LogP contribution in [0.25, 0.3) is 11.0 Å². The van der Waals surface area contributed by atoms with Crippen LogP contribution in [0.4, 0.5) is 0 Å². The first kappa shape index (κ1) is 19.8. The molecule has 7 nitrogen and oxygen atoms in total. The number of hydrogen-bond donors (Lipinski definition) is 0. The Morgan fingerprint density at radius 1 is 1.33 bits per heavy atom. The maximum absolute atomic E-state index is 12.8. The predicted octanol–water partition coefficient (Wildman–Crippen LogP) is 2.44. The van der Waals surface area contributed by atoms with E-state index in [9.17, 15) is 9.59 Å². The highest BCUT2D eigenvalue weighted by Gasteiger charge is 2.51. The van der Waals surface area contributed by atoms with Crippen molar-refractivity contribution in [1.29, 1.82) is 0 Å². The number of nitrogens with zero attached hydrogens (tertiary/aromatic N) is 1. The van der Waals surface area contributed by atoms with E-state index in [4.69, 9.17) is 30.2 Å². The summed E-state index contributed by atoms with van der Waals surface area (Å²) in [6.45, 7) is 2.93. The van der Waals surface area contributed by atoms with Gasteiger partial charge in [0.2, 0.25) is 0 Å². The summed E-state index contributed by atoms with van der Waals surface area (Å²) in [7, 11) is 1.67. The summed E-state index contributed by atoms with van der Waals surface area (Å²) in [6.07, 6.45) is 2.52. The minimum absolute atomic E-state index is 0.105. The van der Waals surface area contributed by atoms with Gasteiger partial charge in [-0.1, -0.05) is 11.6 Å². The fourth-order valence-electron chi connectivity index (χ4n) is 5.14. The van der Waals surface area contributed by atoms with Gasteiger partial charge in [0.15, 0.2) is 6.61 Å². The number of amides is 1. The van der Waals surface area contributed by atoms with Gasteiger partial charge in [-0.05, 0) is 30.9 Å². The molecule has 0 spiro atoms. The summed E-state index contributed by atoms with van der Waals surface area (Å²) < 4.78 is 22.2. The van der Waals surface area contributed by atoms with E-state index in [2.05, 4.69) is 0 Å². The first-order valence-corrected chi connectivity index (χ1v) is 10.6. The first-order valence-electron chi connectivity index (χ1n) is 10.3. The number of fused-ring (bicyclic) bond motifs is 4. The zero-order valence-electron chi connectivity index (χ0n) is 16.9. The van der Waals surface area contributed by atoms with Gasteiger partial charge in [-0.3, -0.25) is 4.79 Å². The largest absolute Gasteiger partial charge is 0.482 e. The second-order valence-corrected chi connectivity index (χ2v) is 8.96. The van der Waals surface area contributed by atoms with Gasteiger partial charge >= 0.3 is 5.63 Å². The number of methoxy groups -OCH3 is 1. The number of aryl methyl sites for hydroxylation is 1. The van der Waals surface area contributed by atoms with Crippen molar-refractivity contribution in [3.63, 3.8) is 0 Å². The summed E-state index contributed by atoms with van der Waals surface area (Å²) >= 11 is 6.43. The Labute approximate surface area is 178 Å². The van der Waals surface area contributed by atoms with Gasteiger partial charge in [-0.15, -0.1) is 0 Å². The SMILES string of the molecule is COC[C@@]12COC[C@@H]1CN(C(=O)COc1cc3oc(=O)c4c(c3cc1Cl)CCC4)C2. The van der Waals surface area contributed by atoms with E-state index < -0.39 is 0 Å². The standard InChI is InChI=1S/C22H24ClNO6/c1-27-11-22-10-24(7-13(22)8-28-12-22)20(25)9-29-19-6-18-16(5-17(19)23)14-3-2-4-15(14)21(26)30-18/h5-6,13H,2-4,7-12H2,1H3/t13-,22-/m0/s1. The Kier molecular flexibility index (Phi) is 5.00. The second kappa shape index (κ2) is 7.55. The van der Waals surface area contributed by atoms with Crippen LogP contribution in [0, 0.1) is 11.3 Å². The van der Waals surface area contributed by atoms with Crippen molar-refractivity contribution in [2.45, 2.75) is 19.3 Å². The monoisotopic (exact) mass is 433 g/mol. The molecule has 1 aliphatic carbocycles. The number of carbonyl (C=O) groups is 1. The molecule has 160 valence electrons. The topological polar surface area (TPSA) is 78.2 Å². The average molecular weight is 434 g/mol. The molecule has 8 heteroatoms. The molecule has 0 radical (unpaired) electrons. The third kappa shape index (κ3) is 3.20. The lowest BCUT2D eigenvalue weighted by Gasteiger charge is -2.26. The Balaban J connectivity index is 1.32. The van der Waals surface area contributed by atoms with E-state index in [1.807, 2.05) is 4.90 Å². The van der Waals surface area contributed by atoms with E-state index in [0.29, 0.717) is 49.3 Å². The number of carbonyl (C=O) groups excluding carboxylic acids is 1. The molecule has 3 heterocycles. The van der Waals surface area contributed by atoms with Crippen molar-refractivity contribution in [2.24, 2.45) is 11.3 Å². The van der Waals surface area contributed by atoms with Crippen molar-refractivity contribution in [1.82, 2.24) is 4.90 Å². The number of likely N-dealkylation sites (tertiary alicyclic amines) is 1. The molecule has 2 atom stereocenters. The van der Waals surface area contributed by atoms with Gasteiger partial charge in [-0.25, -0.2) is 4.79 Å². The first-order chi connectivity index (χ1) is 14.5. The quantitative estimate of drug-likeness (QED) is 0.674. The number of hydrogen-bond acceptors (Lipinski definition) is 6. The number of rotatable bonds is 5. The summed E-state index contributed by atoms with van der Waals surface area (Å²) in [5, 5.41) is 1.25. The molecule has 1 aromatic carbocycles. The minimum atomic E-state index is -0.298. The Morgan fingerprint density at radius 3 is 3.00 bits per heavy atom. The van der Waals surface area contributed by atoms with Crippen molar-refractivity contribution in [3.05, 3.63) is 38.7 Å². The molecule has 1 aromatic heterocycles. The van der Waals surface area contributed by atoms with Gasteiger partial charge in [0, 0.05) is 48.5 Å². The Morgan fingerprint density at radius 2 is 2.17 bits per heavy atom. The molecular formula is C22H24ClNO6. The van der Waals surface area contributed by atoms with E-state index >= 15 is 0 Å². The average Bonchev–Trinajstić information content (AvgIpc) is 3.41.